The summed E-state index contributed by atoms with van der Waals surface area (Å²) in [6.07, 6.45) is -9.14. The maximum absolute atomic E-state index is 12.8. The van der Waals surface area contributed by atoms with Crippen molar-refractivity contribution in [2.45, 2.75) is 64.7 Å². The maximum atomic E-state index is 12.8. The van der Waals surface area contributed by atoms with E-state index < -0.39 is 42.4 Å². The molecule has 0 aromatic heterocycles. The van der Waals surface area contributed by atoms with Crippen molar-refractivity contribution in [2.24, 2.45) is 0 Å². The van der Waals surface area contributed by atoms with Crippen molar-refractivity contribution in [2.75, 3.05) is 0 Å². The minimum absolute atomic E-state index is 0.0866. The van der Waals surface area contributed by atoms with E-state index in [0.29, 0.717) is 0 Å². The summed E-state index contributed by atoms with van der Waals surface area (Å²) in [5, 5.41) is 5.49. The molecule has 0 nitrogen and oxygen atoms in total. The molecule has 0 spiro atoms. The van der Waals surface area contributed by atoms with Crippen LogP contribution in [0.3, 0.4) is 0 Å². The van der Waals surface area contributed by atoms with E-state index in [1.807, 2.05) is 30.3 Å². The Morgan fingerprint density at radius 1 is 0.520 bits per heavy atom. The van der Waals surface area contributed by atoms with Gasteiger partial charge < -0.3 is 0 Å². The second-order valence-electron chi connectivity index (χ2n) is 14.0. The molecule has 0 radical (unpaired) electrons. The van der Waals surface area contributed by atoms with E-state index in [1.165, 1.54) is 56.9 Å². The normalized spacial score (nSPS) is 12.2. The zero-order chi connectivity index (χ0) is 37.1. The first-order chi connectivity index (χ1) is 23.2. The fourth-order valence-electron chi connectivity index (χ4n) is 5.34. The van der Waals surface area contributed by atoms with Crippen LogP contribution in [-0.4, -0.2) is 3.21 Å². The van der Waals surface area contributed by atoms with Gasteiger partial charge in [0.2, 0.25) is 0 Å². The van der Waals surface area contributed by atoms with Gasteiger partial charge in [-0.05, 0) is 10.8 Å². The first-order valence-corrected chi connectivity index (χ1v) is 23.4. The van der Waals surface area contributed by atoms with Gasteiger partial charge in [-0.25, -0.2) is 12.1 Å². The minimum atomic E-state index is -4.57. The Hall–Kier alpha value is -2.99. The molecule has 0 atom stereocenters. The third kappa shape index (κ3) is 10.3. The third-order valence-corrected chi connectivity index (χ3v) is 12.7. The molecular formula is C41H38Cl2F6Zr-2. The van der Waals surface area contributed by atoms with Crippen LogP contribution in [0.2, 0.25) is 0 Å². The Kier molecular flexibility index (Phi) is 12.5. The van der Waals surface area contributed by atoms with Gasteiger partial charge in [0.25, 0.3) is 0 Å². The number of hydrogen-bond acceptors (Lipinski definition) is 0. The van der Waals surface area contributed by atoms with Crippen molar-refractivity contribution in [1.29, 1.82) is 0 Å². The van der Waals surface area contributed by atoms with E-state index in [4.69, 9.17) is 17.0 Å². The van der Waals surface area contributed by atoms with E-state index in [1.54, 1.807) is 0 Å². The molecular weight excluding hydrogens is 769 g/mol. The first kappa shape index (κ1) is 39.8. The van der Waals surface area contributed by atoms with E-state index in [2.05, 4.69) is 84.0 Å². The standard InChI is InChI=1S/C21H25.C15H8F6.C5H5.2ClH.Zr/c1-20(2,3)16-9-7-14-11-15-8-10-17(21(4,5)6)13-19(15)18(14)12-16;16-14(17,18)12-5-1-3-10(8-12)7-11-4-2-6-13(9-11)15(19,20)21;1-2-4-5-3-1;;;/h7-13H,1-6H3;1-6,8-9H;1-5H;2*1H;/q-1;;-1;;;+2/p-2. The summed E-state index contributed by atoms with van der Waals surface area (Å²) in [4.78, 5) is 0. The van der Waals surface area contributed by atoms with E-state index in [9.17, 15) is 26.3 Å². The summed E-state index contributed by atoms with van der Waals surface area (Å²) in [5.74, 6) is 0. The summed E-state index contributed by atoms with van der Waals surface area (Å²) in [7, 11) is 12.0. The molecule has 0 amide bonds. The van der Waals surface area contributed by atoms with E-state index >= 15 is 0 Å². The summed E-state index contributed by atoms with van der Waals surface area (Å²) in [5.41, 5.74) is 1.54. The van der Waals surface area contributed by atoms with Crippen LogP contribution in [0, 0.1) is 0 Å². The minimum Gasteiger partial charge on any atom is -0.214 e. The molecule has 9 heteroatoms. The van der Waals surface area contributed by atoms with Gasteiger partial charge in [0.1, 0.15) is 0 Å². The van der Waals surface area contributed by atoms with Gasteiger partial charge >= 0.3 is 149 Å². The van der Waals surface area contributed by atoms with Crippen molar-refractivity contribution in [3.63, 3.8) is 0 Å². The van der Waals surface area contributed by atoms with Crippen LogP contribution in [0.1, 0.15) is 74.9 Å². The van der Waals surface area contributed by atoms with Gasteiger partial charge in [-0.2, -0.15) is 18.2 Å². The van der Waals surface area contributed by atoms with Gasteiger partial charge in [0, 0.05) is 0 Å². The molecule has 6 rings (SSSR count). The van der Waals surface area contributed by atoms with Crippen LogP contribution < -0.4 is 0 Å². The molecule has 0 heterocycles. The average molecular weight is 807 g/mol. The van der Waals surface area contributed by atoms with Gasteiger partial charge in [-0.1, -0.05) is 76.9 Å². The molecule has 264 valence electrons. The summed E-state index contributed by atoms with van der Waals surface area (Å²) in [6.45, 7) is 13.7. The van der Waals surface area contributed by atoms with Crippen molar-refractivity contribution < 1.29 is 45.2 Å². The van der Waals surface area contributed by atoms with Gasteiger partial charge in [0.05, 0.1) is 0 Å². The number of benzene rings is 4. The molecule has 0 aliphatic heterocycles. The fourth-order valence-corrected chi connectivity index (χ4v) is 9.76. The molecule has 0 fully saturated rings. The monoisotopic (exact) mass is 804 g/mol. The Bertz CT molecular complexity index is 1920. The number of halogens is 8. The zero-order valence-corrected chi connectivity index (χ0v) is 32.5. The van der Waals surface area contributed by atoms with Gasteiger partial charge in [0.15, 0.2) is 0 Å². The fraction of sp³-hybridized carbons (Fsp3) is 0.244. The summed E-state index contributed by atoms with van der Waals surface area (Å²) < 4.78 is 77.2. The predicted molar refractivity (Wildman–Crippen MR) is 194 cm³/mol. The first-order valence-electron chi connectivity index (χ1n) is 15.9. The second-order valence-corrected chi connectivity index (χ2v) is 22.1. The van der Waals surface area contributed by atoms with Crippen LogP contribution in [0.5, 0.6) is 0 Å². The molecule has 0 saturated carbocycles. The number of hydrogen-bond donors (Lipinski definition) is 0. The predicted octanol–water partition coefficient (Wildman–Crippen LogP) is 13.9. The Morgan fingerprint density at radius 2 is 0.920 bits per heavy atom. The molecule has 6 aromatic rings. The van der Waals surface area contributed by atoms with E-state index in [-0.39, 0.29) is 25.2 Å². The molecule has 0 aliphatic rings. The molecule has 0 saturated heterocycles. The van der Waals surface area contributed by atoms with Crippen molar-refractivity contribution >= 4 is 41.8 Å². The Labute approximate surface area is 304 Å². The number of rotatable bonds is 2. The molecule has 0 unspecified atom stereocenters. The zero-order valence-electron chi connectivity index (χ0n) is 28.6. The average Bonchev–Trinajstić information content (AvgIpc) is 3.72. The quantitative estimate of drug-likeness (QED) is 0.121. The molecule has 0 N–H and O–H groups in total. The number of fused-ring (bicyclic) bond motifs is 3. The molecule has 50 heavy (non-hydrogen) atoms. The van der Waals surface area contributed by atoms with Crippen LogP contribution in [0.15, 0.2) is 121 Å². The van der Waals surface area contributed by atoms with Crippen molar-refractivity contribution in [3.8, 4) is 0 Å². The molecule has 0 bridgehead atoms. The molecule has 0 aliphatic carbocycles. The largest absolute Gasteiger partial charge is 0.214 e. The molecule has 6 aromatic carbocycles. The second kappa shape index (κ2) is 15.7. The SMILES string of the molecule is CC(C)(C)c1ccc2[cH-]c3ccc(C(C)(C)C)cc3c2c1.FC(F)(F)c1cccc([C](c2cccc(C(F)(F)F)c2)=[Zr]([Cl])[Cl])c1.c1cc[cH-]c1. The van der Waals surface area contributed by atoms with Crippen LogP contribution in [-0.2, 0) is 42.1 Å². The smallest absolute Gasteiger partial charge is 0.172 e. The number of alkyl halides is 6. The summed E-state index contributed by atoms with van der Waals surface area (Å²) >= 11 is -3.37. The van der Waals surface area contributed by atoms with Crippen LogP contribution in [0.25, 0.3) is 21.5 Å². The van der Waals surface area contributed by atoms with Gasteiger partial charge in [-0.15, -0.1) is 39.7 Å². The van der Waals surface area contributed by atoms with Crippen LogP contribution in [0.4, 0.5) is 26.3 Å². The van der Waals surface area contributed by atoms with Crippen molar-refractivity contribution in [1.82, 2.24) is 0 Å². The third-order valence-electron chi connectivity index (χ3n) is 8.14. The van der Waals surface area contributed by atoms with Gasteiger partial charge in [-0.3, -0.25) is 0 Å². The summed E-state index contributed by atoms with van der Waals surface area (Å²) in [6, 6.07) is 34.7. The maximum Gasteiger partial charge on any atom is -0.172 e. The Morgan fingerprint density at radius 3 is 1.22 bits per heavy atom. The van der Waals surface area contributed by atoms with Crippen LogP contribution >= 0.6 is 17.0 Å². The van der Waals surface area contributed by atoms with Crippen molar-refractivity contribution in [3.05, 3.63) is 155 Å². The Balaban J connectivity index is 0.000000198. The van der Waals surface area contributed by atoms with E-state index in [0.717, 1.165) is 24.3 Å². The topological polar surface area (TPSA) is 0 Å².